The first-order chi connectivity index (χ1) is 8.99. The Morgan fingerprint density at radius 2 is 1.63 bits per heavy atom. The van der Waals surface area contributed by atoms with Crippen molar-refractivity contribution in [3.05, 3.63) is 64.2 Å². The monoisotopic (exact) mass is 253 g/mol. The molecule has 98 valence electrons. The Kier molecular flexibility index (Phi) is 3.70. The van der Waals surface area contributed by atoms with E-state index in [4.69, 9.17) is 5.73 Å². The zero-order chi connectivity index (χ0) is 14.0. The predicted octanol–water partition coefficient (Wildman–Crippen LogP) is 3.62. The van der Waals surface area contributed by atoms with Gasteiger partial charge in [0.2, 0.25) is 0 Å². The number of hydrogen-bond acceptors (Lipinski definition) is 2. The lowest BCUT2D eigenvalue weighted by molar-refractivity contribution is 0.0992. The van der Waals surface area contributed by atoms with E-state index in [2.05, 4.69) is 0 Å². The molecule has 2 nitrogen and oxygen atoms in total. The molecule has 0 radical (unpaired) electrons. The largest absolute Gasteiger partial charge is 0.399 e. The van der Waals surface area contributed by atoms with Gasteiger partial charge in [-0.05, 0) is 61.2 Å². The normalized spacial score (nSPS) is 10.5. The van der Waals surface area contributed by atoms with Crippen LogP contribution >= 0.6 is 0 Å². The van der Waals surface area contributed by atoms with Crippen molar-refractivity contribution in [1.82, 2.24) is 0 Å². The minimum atomic E-state index is 0.139. The number of anilines is 1. The van der Waals surface area contributed by atoms with Crippen LogP contribution in [0.3, 0.4) is 0 Å². The summed E-state index contributed by atoms with van der Waals surface area (Å²) >= 11 is 0. The molecule has 0 saturated heterocycles. The van der Waals surface area contributed by atoms with E-state index < -0.39 is 0 Å². The van der Waals surface area contributed by atoms with Gasteiger partial charge in [-0.1, -0.05) is 18.2 Å². The second-order valence-corrected chi connectivity index (χ2v) is 5.04. The molecule has 0 aliphatic heterocycles. The summed E-state index contributed by atoms with van der Waals surface area (Å²) in [6.45, 7) is 6.01. The number of carbonyl (C=O) groups excluding carboxylic acids is 1. The van der Waals surface area contributed by atoms with Crippen molar-refractivity contribution in [3.63, 3.8) is 0 Å². The van der Waals surface area contributed by atoms with Crippen LogP contribution in [0.25, 0.3) is 0 Å². The third-order valence-corrected chi connectivity index (χ3v) is 3.57. The Morgan fingerprint density at radius 1 is 1.00 bits per heavy atom. The first-order valence-electron chi connectivity index (χ1n) is 6.43. The summed E-state index contributed by atoms with van der Waals surface area (Å²) in [5.41, 5.74) is 11.6. The van der Waals surface area contributed by atoms with Crippen LogP contribution in [0.1, 0.15) is 32.6 Å². The van der Waals surface area contributed by atoms with Crippen LogP contribution in [-0.4, -0.2) is 5.78 Å². The molecule has 0 aliphatic carbocycles. The lowest BCUT2D eigenvalue weighted by Gasteiger charge is -2.09. The van der Waals surface area contributed by atoms with Crippen molar-refractivity contribution in [2.45, 2.75) is 27.2 Å². The highest BCUT2D eigenvalue weighted by molar-refractivity contribution is 5.98. The van der Waals surface area contributed by atoms with E-state index in [0.717, 1.165) is 22.4 Å². The molecule has 0 bridgehead atoms. The van der Waals surface area contributed by atoms with Crippen molar-refractivity contribution < 1.29 is 4.79 Å². The first kappa shape index (κ1) is 13.3. The number of Topliss-reactive ketones (excluding diaryl/α,β-unsaturated/α-hetero) is 1. The molecule has 0 atom stereocenters. The molecule has 0 spiro atoms. The highest BCUT2D eigenvalue weighted by Gasteiger charge is 2.11. The Hall–Kier alpha value is -2.09. The smallest absolute Gasteiger partial charge is 0.167 e. The summed E-state index contributed by atoms with van der Waals surface area (Å²) in [4.78, 5) is 12.3. The summed E-state index contributed by atoms with van der Waals surface area (Å²) in [6.07, 6.45) is 0.446. The number of hydrogen-bond donors (Lipinski definition) is 1. The Morgan fingerprint density at radius 3 is 2.21 bits per heavy atom. The highest BCUT2D eigenvalue weighted by Crippen LogP contribution is 2.18. The van der Waals surface area contributed by atoms with Gasteiger partial charge in [-0.2, -0.15) is 0 Å². The average molecular weight is 253 g/mol. The lowest BCUT2D eigenvalue weighted by Crippen LogP contribution is -2.07. The van der Waals surface area contributed by atoms with Crippen molar-refractivity contribution in [1.29, 1.82) is 0 Å². The van der Waals surface area contributed by atoms with Gasteiger partial charge >= 0.3 is 0 Å². The van der Waals surface area contributed by atoms with Gasteiger partial charge in [0.25, 0.3) is 0 Å². The summed E-state index contributed by atoms with van der Waals surface area (Å²) in [5.74, 6) is 0.139. The van der Waals surface area contributed by atoms with E-state index in [0.29, 0.717) is 6.42 Å². The fourth-order valence-electron chi connectivity index (χ4n) is 2.24. The maximum atomic E-state index is 12.3. The Labute approximate surface area is 114 Å². The van der Waals surface area contributed by atoms with Crippen LogP contribution in [0, 0.1) is 20.8 Å². The molecule has 2 heteroatoms. The van der Waals surface area contributed by atoms with E-state index in [1.165, 1.54) is 11.1 Å². The number of aryl methyl sites for hydroxylation is 3. The van der Waals surface area contributed by atoms with Crippen LogP contribution in [0.4, 0.5) is 5.69 Å². The van der Waals surface area contributed by atoms with Gasteiger partial charge in [0.05, 0.1) is 0 Å². The molecule has 2 aromatic rings. The van der Waals surface area contributed by atoms with Gasteiger partial charge in [-0.25, -0.2) is 0 Å². The molecule has 2 N–H and O–H groups in total. The maximum absolute atomic E-state index is 12.3. The number of ketones is 1. The average Bonchev–Trinajstić information content (AvgIpc) is 2.37. The van der Waals surface area contributed by atoms with E-state index in [9.17, 15) is 4.79 Å². The summed E-state index contributed by atoms with van der Waals surface area (Å²) in [7, 11) is 0. The molecular weight excluding hydrogens is 234 g/mol. The number of carbonyl (C=O) groups is 1. The molecule has 2 aromatic carbocycles. The van der Waals surface area contributed by atoms with E-state index in [1.807, 2.05) is 45.0 Å². The minimum Gasteiger partial charge on any atom is -0.399 e. The third-order valence-electron chi connectivity index (χ3n) is 3.57. The molecule has 19 heavy (non-hydrogen) atoms. The first-order valence-corrected chi connectivity index (χ1v) is 6.43. The molecular formula is C17H19NO. The fraction of sp³-hybridized carbons (Fsp3) is 0.235. The number of nitrogens with two attached hydrogens (primary N) is 1. The zero-order valence-electron chi connectivity index (χ0n) is 11.7. The molecule has 0 unspecified atom stereocenters. The molecule has 0 aromatic heterocycles. The number of benzene rings is 2. The SMILES string of the molecule is Cc1cc(C(=O)Cc2c(C)cccc2C)ccc1N. The second-order valence-electron chi connectivity index (χ2n) is 5.04. The van der Waals surface area contributed by atoms with Gasteiger partial charge in [-0.15, -0.1) is 0 Å². The molecule has 2 rings (SSSR count). The van der Waals surface area contributed by atoms with Gasteiger partial charge in [0, 0.05) is 17.7 Å². The van der Waals surface area contributed by atoms with Crippen LogP contribution in [-0.2, 0) is 6.42 Å². The zero-order valence-corrected chi connectivity index (χ0v) is 11.7. The maximum Gasteiger partial charge on any atom is 0.167 e. The topological polar surface area (TPSA) is 43.1 Å². The van der Waals surface area contributed by atoms with Gasteiger partial charge in [0.1, 0.15) is 0 Å². The van der Waals surface area contributed by atoms with Crippen molar-refractivity contribution in [2.75, 3.05) is 5.73 Å². The fourth-order valence-corrected chi connectivity index (χ4v) is 2.24. The van der Waals surface area contributed by atoms with E-state index in [-0.39, 0.29) is 5.78 Å². The van der Waals surface area contributed by atoms with Crippen molar-refractivity contribution in [2.24, 2.45) is 0 Å². The number of nitrogen functional groups attached to an aromatic ring is 1. The Bertz CT molecular complexity index is 609. The van der Waals surface area contributed by atoms with Crippen LogP contribution in [0.5, 0.6) is 0 Å². The molecule has 0 saturated carbocycles. The molecule has 0 amide bonds. The number of rotatable bonds is 3. The summed E-state index contributed by atoms with van der Waals surface area (Å²) < 4.78 is 0. The minimum absolute atomic E-state index is 0.139. The van der Waals surface area contributed by atoms with Crippen molar-refractivity contribution in [3.8, 4) is 0 Å². The molecule has 0 fully saturated rings. The predicted molar refractivity (Wildman–Crippen MR) is 79.5 cm³/mol. The summed E-state index contributed by atoms with van der Waals surface area (Å²) in [6, 6.07) is 11.6. The van der Waals surface area contributed by atoms with Crippen LogP contribution in [0.15, 0.2) is 36.4 Å². The highest BCUT2D eigenvalue weighted by atomic mass is 16.1. The third kappa shape index (κ3) is 2.84. The van der Waals surface area contributed by atoms with Gasteiger partial charge in [-0.3, -0.25) is 4.79 Å². The lowest BCUT2D eigenvalue weighted by atomic mass is 9.95. The summed E-state index contributed by atoms with van der Waals surface area (Å²) in [5, 5.41) is 0. The van der Waals surface area contributed by atoms with Crippen molar-refractivity contribution >= 4 is 11.5 Å². The van der Waals surface area contributed by atoms with Crippen LogP contribution in [0.2, 0.25) is 0 Å². The quantitative estimate of drug-likeness (QED) is 0.670. The molecule has 0 heterocycles. The molecule has 0 aliphatic rings. The van der Waals surface area contributed by atoms with Gasteiger partial charge in [0.15, 0.2) is 5.78 Å². The second kappa shape index (κ2) is 5.27. The van der Waals surface area contributed by atoms with Crippen LogP contribution < -0.4 is 5.73 Å². The standard InChI is InChI=1S/C17H19NO/c1-11-5-4-6-12(2)15(11)10-17(19)14-7-8-16(18)13(3)9-14/h4-9H,10,18H2,1-3H3. The Balaban J connectivity index is 2.28. The van der Waals surface area contributed by atoms with E-state index >= 15 is 0 Å². The van der Waals surface area contributed by atoms with Gasteiger partial charge < -0.3 is 5.73 Å². The van der Waals surface area contributed by atoms with E-state index in [1.54, 1.807) is 12.1 Å².